The van der Waals surface area contributed by atoms with Crippen LogP contribution in [0.3, 0.4) is 0 Å². The lowest BCUT2D eigenvalue weighted by molar-refractivity contribution is 0.0699. The van der Waals surface area contributed by atoms with Crippen molar-refractivity contribution in [1.29, 1.82) is 0 Å². The highest BCUT2D eigenvalue weighted by molar-refractivity contribution is 6.38. The van der Waals surface area contributed by atoms with Crippen molar-refractivity contribution >= 4 is 51.0 Å². The van der Waals surface area contributed by atoms with Crippen LogP contribution in [0.15, 0.2) is 46.9 Å². The second kappa shape index (κ2) is 6.76. The summed E-state index contributed by atoms with van der Waals surface area (Å²) in [7, 11) is 0. The molecule has 2 aromatic heterocycles. The first kappa shape index (κ1) is 17.6. The second-order valence-corrected chi connectivity index (χ2v) is 6.73. The van der Waals surface area contributed by atoms with Crippen LogP contribution in [-0.4, -0.2) is 22.7 Å². The summed E-state index contributed by atoms with van der Waals surface area (Å²) in [6.07, 6.45) is 0. The van der Waals surface area contributed by atoms with Gasteiger partial charge in [-0.1, -0.05) is 23.2 Å². The second-order valence-electron chi connectivity index (χ2n) is 5.89. The first-order valence-electron chi connectivity index (χ1n) is 8.16. The average Bonchev–Trinajstić information content (AvgIpc) is 3.05. The zero-order chi connectivity index (χ0) is 19.1. The Morgan fingerprint density at radius 3 is 2.74 bits per heavy atom. The molecule has 0 spiro atoms. The van der Waals surface area contributed by atoms with Crippen molar-refractivity contribution in [1.82, 2.24) is 4.98 Å². The normalized spacial score (nSPS) is 11.2. The standard InChI is InChI=1S/C20H13Cl2NO4/c1-2-26-12-3-4-16-13(8-12)14(20(24)25)9-17(23-16)18-6-10-5-11(21)7-15(22)19(10)27-18/h3-9H,2H2,1H3,(H,24,25). The smallest absolute Gasteiger partial charge is 0.336 e. The Balaban J connectivity index is 1.93. The Morgan fingerprint density at radius 2 is 2.00 bits per heavy atom. The molecule has 0 amide bonds. The Hall–Kier alpha value is -2.76. The van der Waals surface area contributed by atoms with Crippen molar-refractivity contribution in [3.05, 3.63) is 58.1 Å². The summed E-state index contributed by atoms with van der Waals surface area (Å²) in [5.41, 5.74) is 1.51. The Kier molecular flexibility index (Phi) is 4.42. The van der Waals surface area contributed by atoms with Gasteiger partial charge in [-0.3, -0.25) is 0 Å². The molecule has 4 rings (SSSR count). The lowest BCUT2D eigenvalue weighted by atomic mass is 10.1. The van der Waals surface area contributed by atoms with E-state index in [-0.39, 0.29) is 5.56 Å². The number of ether oxygens (including phenoxy) is 1. The fourth-order valence-corrected chi connectivity index (χ4v) is 3.51. The first-order valence-corrected chi connectivity index (χ1v) is 8.91. The van der Waals surface area contributed by atoms with E-state index in [1.165, 1.54) is 6.07 Å². The quantitative estimate of drug-likeness (QED) is 0.450. The van der Waals surface area contributed by atoms with Gasteiger partial charge in [-0.25, -0.2) is 9.78 Å². The molecule has 0 unspecified atom stereocenters. The van der Waals surface area contributed by atoms with Gasteiger partial charge in [0.15, 0.2) is 11.3 Å². The van der Waals surface area contributed by atoms with E-state index >= 15 is 0 Å². The van der Waals surface area contributed by atoms with E-state index in [0.717, 1.165) is 0 Å². The van der Waals surface area contributed by atoms with E-state index in [1.54, 1.807) is 36.4 Å². The summed E-state index contributed by atoms with van der Waals surface area (Å²) in [5, 5.41) is 11.7. The minimum atomic E-state index is -1.06. The van der Waals surface area contributed by atoms with Gasteiger partial charge in [0.1, 0.15) is 11.4 Å². The van der Waals surface area contributed by atoms with Crippen LogP contribution in [-0.2, 0) is 0 Å². The predicted octanol–water partition coefficient (Wildman–Crippen LogP) is 6.05. The van der Waals surface area contributed by atoms with Crippen LogP contribution in [0.5, 0.6) is 5.75 Å². The van der Waals surface area contributed by atoms with Gasteiger partial charge >= 0.3 is 5.97 Å². The van der Waals surface area contributed by atoms with E-state index in [2.05, 4.69) is 4.98 Å². The minimum absolute atomic E-state index is 0.112. The molecule has 7 heteroatoms. The van der Waals surface area contributed by atoms with Crippen LogP contribution < -0.4 is 4.74 Å². The number of halogens is 2. The number of nitrogens with zero attached hydrogens (tertiary/aromatic N) is 1. The molecule has 0 atom stereocenters. The molecule has 27 heavy (non-hydrogen) atoms. The van der Waals surface area contributed by atoms with Gasteiger partial charge < -0.3 is 14.3 Å². The topological polar surface area (TPSA) is 72.6 Å². The van der Waals surface area contributed by atoms with Crippen molar-refractivity contribution in [3.8, 4) is 17.2 Å². The number of benzene rings is 2. The number of carbonyl (C=O) groups is 1. The fourth-order valence-electron chi connectivity index (χ4n) is 2.97. The van der Waals surface area contributed by atoms with Gasteiger partial charge in [-0.2, -0.15) is 0 Å². The number of pyridine rings is 1. The summed E-state index contributed by atoms with van der Waals surface area (Å²) < 4.78 is 11.3. The molecule has 0 aliphatic heterocycles. The third kappa shape index (κ3) is 3.20. The molecule has 2 heterocycles. The highest BCUT2D eigenvalue weighted by Crippen LogP contribution is 2.35. The Labute approximate surface area is 164 Å². The van der Waals surface area contributed by atoms with Gasteiger partial charge in [-0.15, -0.1) is 0 Å². The highest BCUT2D eigenvalue weighted by Gasteiger charge is 2.17. The number of hydrogen-bond donors (Lipinski definition) is 1. The number of carboxylic acids is 1. The molecule has 0 aliphatic carbocycles. The molecule has 136 valence electrons. The van der Waals surface area contributed by atoms with E-state index in [9.17, 15) is 9.90 Å². The number of furan rings is 1. The molecule has 0 saturated heterocycles. The monoisotopic (exact) mass is 401 g/mol. The SMILES string of the molecule is CCOc1ccc2nc(-c3cc4cc(Cl)cc(Cl)c4o3)cc(C(=O)O)c2c1. The van der Waals surface area contributed by atoms with Gasteiger partial charge in [0.2, 0.25) is 0 Å². The number of hydrogen-bond acceptors (Lipinski definition) is 4. The summed E-state index contributed by atoms with van der Waals surface area (Å²) in [4.78, 5) is 16.3. The zero-order valence-corrected chi connectivity index (χ0v) is 15.6. The molecule has 0 radical (unpaired) electrons. The number of aromatic nitrogens is 1. The molecule has 5 nitrogen and oxygen atoms in total. The summed E-state index contributed by atoms with van der Waals surface area (Å²) in [6.45, 7) is 2.35. The Bertz CT molecular complexity index is 1200. The molecular formula is C20H13Cl2NO4. The van der Waals surface area contributed by atoms with Crippen LogP contribution >= 0.6 is 23.2 Å². The molecule has 2 aromatic carbocycles. The lowest BCUT2D eigenvalue weighted by Crippen LogP contribution is -2.01. The van der Waals surface area contributed by atoms with Crippen LogP contribution in [0.2, 0.25) is 10.0 Å². The molecule has 1 N–H and O–H groups in total. The molecular weight excluding hydrogens is 389 g/mol. The number of fused-ring (bicyclic) bond motifs is 2. The zero-order valence-electron chi connectivity index (χ0n) is 14.1. The third-order valence-electron chi connectivity index (χ3n) is 4.11. The number of carboxylic acid groups (broad SMARTS) is 1. The van der Waals surface area contributed by atoms with Crippen molar-refractivity contribution in [2.24, 2.45) is 0 Å². The van der Waals surface area contributed by atoms with Crippen molar-refractivity contribution < 1.29 is 19.1 Å². The molecule has 0 bridgehead atoms. The molecule has 4 aromatic rings. The maximum absolute atomic E-state index is 11.8. The van der Waals surface area contributed by atoms with E-state index in [1.807, 2.05) is 6.92 Å². The molecule has 0 aliphatic rings. The van der Waals surface area contributed by atoms with Gasteiger partial charge in [0.05, 0.1) is 22.7 Å². The maximum Gasteiger partial charge on any atom is 0.336 e. The van der Waals surface area contributed by atoms with Gasteiger partial charge in [0, 0.05) is 15.8 Å². The third-order valence-corrected chi connectivity index (χ3v) is 4.61. The first-order chi connectivity index (χ1) is 13.0. The largest absolute Gasteiger partial charge is 0.494 e. The highest BCUT2D eigenvalue weighted by atomic mass is 35.5. The lowest BCUT2D eigenvalue weighted by Gasteiger charge is -2.08. The summed E-state index contributed by atoms with van der Waals surface area (Å²) >= 11 is 12.2. The fraction of sp³-hybridized carbons (Fsp3) is 0.100. The van der Waals surface area contributed by atoms with Crippen molar-refractivity contribution in [3.63, 3.8) is 0 Å². The van der Waals surface area contributed by atoms with E-state index in [0.29, 0.717) is 55.7 Å². The predicted molar refractivity (Wildman–Crippen MR) is 105 cm³/mol. The van der Waals surface area contributed by atoms with Gasteiger partial charge in [-0.05, 0) is 49.4 Å². The summed E-state index contributed by atoms with van der Waals surface area (Å²) in [5.74, 6) is -0.0610. The number of rotatable bonds is 4. The molecule has 0 saturated carbocycles. The van der Waals surface area contributed by atoms with Crippen molar-refractivity contribution in [2.75, 3.05) is 6.61 Å². The number of aromatic carboxylic acids is 1. The Morgan fingerprint density at radius 1 is 1.19 bits per heavy atom. The van der Waals surface area contributed by atoms with Crippen LogP contribution in [0.4, 0.5) is 0 Å². The van der Waals surface area contributed by atoms with Crippen LogP contribution in [0, 0.1) is 0 Å². The van der Waals surface area contributed by atoms with Crippen LogP contribution in [0.1, 0.15) is 17.3 Å². The molecule has 0 fully saturated rings. The van der Waals surface area contributed by atoms with E-state index < -0.39 is 5.97 Å². The average molecular weight is 402 g/mol. The van der Waals surface area contributed by atoms with Crippen molar-refractivity contribution in [2.45, 2.75) is 6.92 Å². The van der Waals surface area contributed by atoms with Crippen LogP contribution in [0.25, 0.3) is 33.3 Å². The van der Waals surface area contributed by atoms with Gasteiger partial charge in [0.25, 0.3) is 0 Å². The summed E-state index contributed by atoms with van der Waals surface area (Å²) in [6, 6.07) is 11.7. The minimum Gasteiger partial charge on any atom is -0.494 e. The van der Waals surface area contributed by atoms with E-state index in [4.69, 9.17) is 32.4 Å². The maximum atomic E-state index is 11.8.